The Morgan fingerprint density at radius 3 is 2.58 bits per heavy atom. The number of piperazine rings is 1. The predicted molar refractivity (Wildman–Crippen MR) is 115 cm³/mol. The lowest BCUT2D eigenvalue weighted by Crippen LogP contribution is -2.43. The summed E-state index contributed by atoms with van der Waals surface area (Å²) in [4.78, 5) is 16.3. The Hall–Kier alpha value is -3.10. The summed E-state index contributed by atoms with van der Waals surface area (Å²) < 4.78 is 16.4. The molecule has 0 unspecified atom stereocenters. The number of fused-ring (bicyclic) bond motifs is 1. The van der Waals surface area contributed by atoms with Gasteiger partial charge in [0, 0.05) is 38.1 Å². The Morgan fingerprint density at radius 2 is 1.87 bits per heavy atom. The molecule has 1 aliphatic heterocycles. The third-order valence-electron chi connectivity index (χ3n) is 5.51. The van der Waals surface area contributed by atoms with Gasteiger partial charge in [0.15, 0.2) is 5.58 Å². The molecule has 1 aromatic heterocycles. The number of hydrogen-bond acceptors (Lipinski definition) is 8. The minimum absolute atomic E-state index is 0.213. The van der Waals surface area contributed by atoms with Gasteiger partial charge >= 0.3 is 5.97 Å². The van der Waals surface area contributed by atoms with Crippen LogP contribution in [0.2, 0.25) is 0 Å². The van der Waals surface area contributed by atoms with E-state index in [-0.39, 0.29) is 18.3 Å². The number of rotatable bonds is 7. The second-order valence-electron chi connectivity index (χ2n) is 7.68. The lowest BCUT2D eigenvalue weighted by molar-refractivity contribution is 0.0526. The van der Waals surface area contributed by atoms with Gasteiger partial charge in [-0.3, -0.25) is 4.90 Å². The second-order valence-corrected chi connectivity index (χ2v) is 7.68. The molecular formula is C23H27N3O5. The van der Waals surface area contributed by atoms with Gasteiger partial charge in [-0.1, -0.05) is 5.16 Å². The normalized spacial score (nSPS) is 15.3. The van der Waals surface area contributed by atoms with E-state index in [1.807, 2.05) is 0 Å². The molecule has 0 bridgehead atoms. The average molecular weight is 425 g/mol. The molecule has 0 saturated carbocycles. The van der Waals surface area contributed by atoms with Crippen molar-refractivity contribution >= 4 is 16.9 Å². The maximum atomic E-state index is 11.8. The van der Waals surface area contributed by atoms with Crippen LogP contribution in [-0.4, -0.2) is 65.9 Å². The fraction of sp³-hybridized carbons (Fsp3) is 0.391. The van der Waals surface area contributed by atoms with Crippen LogP contribution in [0.1, 0.15) is 28.5 Å². The monoisotopic (exact) mass is 425 g/mol. The molecule has 0 radical (unpaired) electrons. The Balaban J connectivity index is 1.46. The van der Waals surface area contributed by atoms with Crippen LogP contribution in [0.5, 0.6) is 11.5 Å². The van der Waals surface area contributed by atoms with Crippen LogP contribution in [0.25, 0.3) is 11.0 Å². The third-order valence-corrected chi connectivity index (χ3v) is 5.51. The largest absolute Gasteiger partial charge is 0.507 e. The van der Waals surface area contributed by atoms with Gasteiger partial charge in [-0.25, -0.2) is 4.79 Å². The summed E-state index contributed by atoms with van der Waals surface area (Å²) in [6.07, 6.45) is 0. The molecule has 2 heterocycles. The van der Waals surface area contributed by atoms with E-state index >= 15 is 0 Å². The quantitative estimate of drug-likeness (QED) is 0.578. The summed E-state index contributed by atoms with van der Waals surface area (Å²) in [5.74, 6) is 0.467. The second kappa shape index (κ2) is 9.36. The van der Waals surface area contributed by atoms with Crippen molar-refractivity contribution < 1.29 is 23.9 Å². The first kappa shape index (κ1) is 21.1. The predicted octanol–water partition coefficient (Wildman–Crippen LogP) is 3.04. The van der Waals surface area contributed by atoms with Gasteiger partial charge in [0.2, 0.25) is 0 Å². The number of aromatic nitrogens is 1. The van der Waals surface area contributed by atoms with E-state index in [0.717, 1.165) is 37.1 Å². The summed E-state index contributed by atoms with van der Waals surface area (Å²) in [6.45, 7) is 6.82. The Kier molecular flexibility index (Phi) is 6.39. The van der Waals surface area contributed by atoms with Crippen LogP contribution < -0.4 is 4.74 Å². The zero-order valence-corrected chi connectivity index (χ0v) is 17.8. The van der Waals surface area contributed by atoms with Gasteiger partial charge in [0.05, 0.1) is 17.7 Å². The summed E-state index contributed by atoms with van der Waals surface area (Å²) >= 11 is 0. The highest BCUT2D eigenvalue weighted by Gasteiger charge is 2.20. The number of hydrogen-bond donors (Lipinski definition) is 1. The van der Waals surface area contributed by atoms with Crippen molar-refractivity contribution in [2.45, 2.75) is 20.1 Å². The van der Waals surface area contributed by atoms with Gasteiger partial charge < -0.3 is 24.0 Å². The van der Waals surface area contributed by atoms with Crippen molar-refractivity contribution in [2.24, 2.45) is 0 Å². The van der Waals surface area contributed by atoms with Crippen molar-refractivity contribution in [3.63, 3.8) is 0 Å². The standard InChI is InChI=1S/C23H27N3O5/c1-3-29-23(28)16-4-6-17(7-5-16)30-15-20-18-8-9-21(27)19(22(18)31-24-20)14-26-12-10-25(2)11-13-26/h4-9,27H,3,10-15H2,1-2H3. The maximum absolute atomic E-state index is 11.8. The fourth-order valence-corrected chi connectivity index (χ4v) is 3.64. The smallest absolute Gasteiger partial charge is 0.338 e. The van der Waals surface area contributed by atoms with Crippen LogP contribution in [0.15, 0.2) is 40.9 Å². The molecule has 1 fully saturated rings. The van der Waals surface area contributed by atoms with Crippen LogP contribution in [0.3, 0.4) is 0 Å². The summed E-state index contributed by atoms with van der Waals surface area (Å²) in [5, 5.41) is 15.4. The third kappa shape index (κ3) is 4.81. The number of phenols is 1. The lowest BCUT2D eigenvalue weighted by Gasteiger charge is -2.32. The first-order chi connectivity index (χ1) is 15.0. The van der Waals surface area contributed by atoms with Crippen LogP contribution >= 0.6 is 0 Å². The first-order valence-electron chi connectivity index (χ1n) is 10.4. The van der Waals surface area contributed by atoms with Crippen molar-refractivity contribution in [3.05, 3.63) is 53.2 Å². The molecule has 1 saturated heterocycles. The van der Waals surface area contributed by atoms with Gasteiger partial charge in [0.25, 0.3) is 0 Å². The van der Waals surface area contributed by atoms with E-state index in [2.05, 4.69) is 22.0 Å². The molecule has 164 valence electrons. The van der Waals surface area contributed by atoms with Crippen LogP contribution in [0.4, 0.5) is 0 Å². The number of ether oxygens (including phenoxy) is 2. The molecule has 0 atom stereocenters. The number of benzene rings is 2. The van der Waals surface area contributed by atoms with Crippen molar-refractivity contribution in [3.8, 4) is 11.5 Å². The van der Waals surface area contributed by atoms with E-state index in [4.69, 9.17) is 14.0 Å². The number of aromatic hydroxyl groups is 1. The summed E-state index contributed by atoms with van der Waals surface area (Å²) in [5.41, 5.74) is 2.48. The molecule has 2 aromatic carbocycles. The molecule has 31 heavy (non-hydrogen) atoms. The van der Waals surface area contributed by atoms with Gasteiger partial charge in [-0.2, -0.15) is 0 Å². The lowest BCUT2D eigenvalue weighted by atomic mass is 10.1. The number of nitrogens with zero attached hydrogens (tertiary/aromatic N) is 3. The number of carbonyl (C=O) groups is 1. The molecule has 8 nitrogen and oxygen atoms in total. The average Bonchev–Trinajstić information content (AvgIpc) is 3.19. The van der Waals surface area contributed by atoms with E-state index < -0.39 is 0 Å². The van der Waals surface area contributed by atoms with E-state index in [1.165, 1.54) is 0 Å². The van der Waals surface area contributed by atoms with Crippen LogP contribution in [-0.2, 0) is 17.9 Å². The number of likely N-dealkylation sites (N-methyl/N-ethyl adjacent to an activating group) is 1. The molecule has 4 rings (SSSR count). The molecule has 3 aromatic rings. The highest BCUT2D eigenvalue weighted by Crippen LogP contribution is 2.31. The minimum atomic E-state index is -0.357. The van der Waals surface area contributed by atoms with Gasteiger partial charge in [-0.05, 0) is 50.4 Å². The van der Waals surface area contributed by atoms with E-state index in [0.29, 0.717) is 35.7 Å². The Bertz CT molecular complexity index is 1040. The molecule has 8 heteroatoms. The zero-order chi connectivity index (χ0) is 21.8. The summed E-state index contributed by atoms with van der Waals surface area (Å²) in [6, 6.07) is 10.3. The molecule has 1 aliphatic rings. The number of esters is 1. The topological polar surface area (TPSA) is 88.3 Å². The Morgan fingerprint density at radius 1 is 1.13 bits per heavy atom. The van der Waals surface area contributed by atoms with E-state index in [1.54, 1.807) is 43.3 Å². The first-order valence-corrected chi connectivity index (χ1v) is 10.4. The van der Waals surface area contributed by atoms with Crippen molar-refractivity contribution in [2.75, 3.05) is 39.8 Å². The maximum Gasteiger partial charge on any atom is 0.338 e. The number of carbonyl (C=O) groups excluding carboxylic acids is 1. The SMILES string of the molecule is CCOC(=O)c1ccc(OCc2noc3c(CN4CCN(C)CC4)c(O)ccc23)cc1. The number of phenolic OH excluding ortho intramolecular Hbond substituents is 1. The molecule has 0 spiro atoms. The van der Waals surface area contributed by atoms with E-state index in [9.17, 15) is 9.90 Å². The Labute approximate surface area is 180 Å². The fourth-order valence-electron chi connectivity index (χ4n) is 3.64. The minimum Gasteiger partial charge on any atom is -0.507 e. The van der Waals surface area contributed by atoms with Gasteiger partial charge in [-0.15, -0.1) is 0 Å². The highest BCUT2D eigenvalue weighted by atomic mass is 16.5. The molecular weight excluding hydrogens is 398 g/mol. The summed E-state index contributed by atoms with van der Waals surface area (Å²) in [7, 11) is 2.11. The van der Waals surface area contributed by atoms with Crippen molar-refractivity contribution in [1.82, 2.24) is 15.0 Å². The molecule has 1 N–H and O–H groups in total. The highest BCUT2D eigenvalue weighted by molar-refractivity contribution is 5.89. The molecule has 0 amide bonds. The van der Waals surface area contributed by atoms with Gasteiger partial charge in [0.1, 0.15) is 23.8 Å². The molecule has 0 aliphatic carbocycles. The van der Waals surface area contributed by atoms with Crippen molar-refractivity contribution in [1.29, 1.82) is 0 Å². The zero-order valence-electron chi connectivity index (χ0n) is 17.8. The van der Waals surface area contributed by atoms with Crippen LogP contribution in [0, 0.1) is 0 Å².